The summed E-state index contributed by atoms with van der Waals surface area (Å²) in [6, 6.07) is 22.4. The predicted octanol–water partition coefficient (Wildman–Crippen LogP) is 7.10. The SMILES string of the molecule is CC(=O)N1c2ccccc2N=C2CC(C)(C)CC(=O)C2C1c1ccc(OCc2ccccc2Cl)cc1. The van der Waals surface area contributed by atoms with Crippen LogP contribution < -0.4 is 9.64 Å². The number of nitrogens with zero attached hydrogens (tertiary/aromatic N) is 2. The molecule has 0 aromatic heterocycles. The monoisotopic (exact) mass is 500 g/mol. The van der Waals surface area contributed by atoms with Gasteiger partial charge in [0.1, 0.15) is 18.1 Å². The second kappa shape index (κ2) is 9.55. The third-order valence-electron chi connectivity index (χ3n) is 6.93. The topological polar surface area (TPSA) is 59.0 Å². The number of ether oxygens (including phenoxy) is 1. The number of amides is 1. The van der Waals surface area contributed by atoms with Crippen LogP contribution in [0.3, 0.4) is 0 Å². The number of hydrogen-bond acceptors (Lipinski definition) is 4. The third-order valence-corrected chi connectivity index (χ3v) is 7.30. The lowest BCUT2D eigenvalue weighted by molar-refractivity contribution is -0.124. The molecule has 1 fully saturated rings. The summed E-state index contributed by atoms with van der Waals surface area (Å²) in [6.07, 6.45) is 1.16. The summed E-state index contributed by atoms with van der Waals surface area (Å²) < 4.78 is 5.97. The molecule has 0 spiro atoms. The van der Waals surface area contributed by atoms with Crippen LogP contribution in [0.25, 0.3) is 0 Å². The van der Waals surface area contributed by atoms with Crippen molar-refractivity contribution in [3.8, 4) is 5.75 Å². The van der Waals surface area contributed by atoms with Crippen molar-refractivity contribution in [2.45, 2.75) is 46.3 Å². The van der Waals surface area contributed by atoms with Crippen molar-refractivity contribution in [3.05, 3.63) is 88.9 Å². The Labute approximate surface area is 216 Å². The van der Waals surface area contributed by atoms with Crippen LogP contribution in [0, 0.1) is 11.3 Å². The van der Waals surface area contributed by atoms with Gasteiger partial charge in [0.05, 0.1) is 23.3 Å². The molecule has 1 amide bonds. The molecule has 2 atom stereocenters. The molecule has 1 saturated carbocycles. The minimum absolute atomic E-state index is 0.119. The number of benzene rings is 3. The molecule has 0 radical (unpaired) electrons. The number of Topliss-reactive ketones (excluding diaryl/α,β-unsaturated/α-hetero) is 1. The van der Waals surface area contributed by atoms with E-state index in [2.05, 4.69) is 13.8 Å². The smallest absolute Gasteiger partial charge is 0.224 e. The Morgan fingerprint density at radius 3 is 2.44 bits per heavy atom. The molecule has 184 valence electrons. The highest BCUT2D eigenvalue weighted by molar-refractivity contribution is 6.31. The molecule has 5 rings (SSSR count). The van der Waals surface area contributed by atoms with E-state index in [0.717, 1.165) is 28.2 Å². The van der Waals surface area contributed by atoms with Crippen LogP contribution in [-0.2, 0) is 16.2 Å². The first-order valence-corrected chi connectivity index (χ1v) is 12.6. The highest BCUT2D eigenvalue weighted by atomic mass is 35.5. The highest BCUT2D eigenvalue weighted by Gasteiger charge is 2.47. The van der Waals surface area contributed by atoms with Gasteiger partial charge in [-0.2, -0.15) is 0 Å². The Kier molecular flexibility index (Phi) is 6.44. The number of hydrogen-bond donors (Lipinski definition) is 0. The number of rotatable bonds is 4. The lowest BCUT2D eigenvalue weighted by atomic mass is 9.68. The molecule has 1 aliphatic heterocycles. The van der Waals surface area contributed by atoms with Crippen molar-refractivity contribution in [3.63, 3.8) is 0 Å². The summed E-state index contributed by atoms with van der Waals surface area (Å²) in [6.45, 7) is 6.10. The predicted molar refractivity (Wildman–Crippen MR) is 143 cm³/mol. The molecule has 0 bridgehead atoms. The molecule has 1 aliphatic carbocycles. The zero-order chi connectivity index (χ0) is 25.4. The minimum Gasteiger partial charge on any atom is -0.489 e. The van der Waals surface area contributed by atoms with Gasteiger partial charge in [0.2, 0.25) is 5.91 Å². The van der Waals surface area contributed by atoms with E-state index in [0.29, 0.717) is 30.2 Å². The summed E-state index contributed by atoms with van der Waals surface area (Å²) in [5.74, 6) is 0.185. The first-order chi connectivity index (χ1) is 17.2. The van der Waals surface area contributed by atoms with Gasteiger partial charge in [-0.05, 0) is 47.7 Å². The maximum absolute atomic E-state index is 13.6. The van der Waals surface area contributed by atoms with Gasteiger partial charge in [0.15, 0.2) is 0 Å². The lowest BCUT2D eigenvalue weighted by Crippen LogP contribution is -2.46. The minimum atomic E-state index is -0.496. The molecule has 0 N–H and O–H groups in total. The normalized spacial score (nSPS) is 20.6. The van der Waals surface area contributed by atoms with Crippen LogP contribution in [-0.4, -0.2) is 17.4 Å². The number of carbonyl (C=O) groups is 2. The first kappa shape index (κ1) is 24.3. The lowest BCUT2D eigenvalue weighted by Gasteiger charge is -2.40. The van der Waals surface area contributed by atoms with Crippen molar-refractivity contribution >= 4 is 40.4 Å². The number of anilines is 1. The number of fused-ring (bicyclic) bond motifs is 2. The Balaban J connectivity index is 1.53. The summed E-state index contributed by atoms with van der Waals surface area (Å²) in [5, 5.41) is 0.661. The molecule has 0 saturated heterocycles. The van der Waals surface area contributed by atoms with E-state index in [9.17, 15) is 9.59 Å². The molecule has 3 aromatic carbocycles. The molecular weight excluding hydrogens is 472 g/mol. The fraction of sp³-hybridized carbons (Fsp3) is 0.300. The number of ketones is 1. The van der Waals surface area contributed by atoms with E-state index in [1.807, 2.05) is 72.8 Å². The molecule has 1 heterocycles. The average Bonchev–Trinajstić information content (AvgIpc) is 2.97. The number of halogens is 1. The van der Waals surface area contributed by atoms with E-state index in [-0.39, 0.29) is 17.1 Å². The van der Waals surface area contributed by atoms with Crippen LogP contribution in [0.4, 0.5) is 11.4 Å². The summed E-state index contributed by atoms with van der Waals surface area (Å²) in [5.41, 5.74) is 3.90. The largest absolute Gasteiger partial charge is 0.489 e. The van der Waals surface area contributed by atoms with Gasteiger partial charge in [-0.1, -0.05) is 67.9 Å². The van der Waals surface area contributed by atoms with Gasteiger partial charge in [0, 0.05) is 29.6 Å². The van der Waals surface area contributed by atoms with Crippen LogP contribution in [0.2, 0.25) is 5.02 Å². The van der Waals surface area contributed by atoms with Crippen molar-refractivity contribution in [1.29, 1.82) is 0 Å². The Hall–Kier alpha value is -3.44. The van der Waals surface area contributed by atoms with E-state index in [1.165, 1.54) is 0 Å². The second-order valence-electron chi connectivity index (χ2n) is 10.3. The summed E-state index contributed by atoms with van der Waals surface area (Å²) in [4.78, 5) is 33.4. The van der Waals surface area contributed by atoms with Gasteiger partial charge in [0.25, 0.3) is 0 Å². The number of carbonyl (C=O) groups excluding carboxylic acids is 2. The summed E-state index contributed by atoms with van der Waals surface area (Å²) in [7, 11) is 0. The zero-order valence-corrected chi connectivity index (χ0v) is 21.5. The van der Waals surface area contributed by atoms with E-state index >= 15 is 0 Å². The third kappa shape index (κ3) is 4.68. The molecule has 3 aromatic rings. The Bertz CT molecular complexity index is 1350. The zero-order valence-electron chi connectivity index (χ0n) is 20.7. The fourth-order valence-electron chi connectivity index (χ4n) is 5.36. The van der Waals surface area contributed by atoms with Crippen LogP contribution in [0.5, 0.6) is 5.75 Å². The van der Waals surface area contributed by atoms with Crippen molar-refractivity contribution in [2.24, 2.45) is 16.3 Å². The molecule has 6 heteroatoms. The fourth-order valence-corrected chi connectivity index (χ4v) is 5.55. The molecule has 2 aliphatic rings. The number of aliphatic imine (C=N–C) groups is 1. The molecular formula is C30H29ClN2O3. The maximum Gasteiger partial charge on any atom is 0.224 e. The molecule has 5 nitrogen and oxygen atoms in total. The van der Waals surface area contributed by atoms with Gasteiger partial charge in [-0.15, -0.1) is 0 Å². The molecule has 36 heavy (non-hydrogen) atoms. The van der Waals surface area contributed by atoms with Gasteiger partial charge in [-0.25, -0.2) is 0 Å². The quantitative estimate of drug-likeness (QED) is 0.383. The van der Waals surface area contributed by atoms with Gasteiger partial charge < -0.3 is 9.64 Å². The van der Waals surface area contributed by atoms with Gasteiger partial charge in [-0.3, -0.25) is 14.6 Å². The van der Waals surface area contributed by atoms with E-state index in [1.54, 1.807) is 11.8 Å². The summed E-state index contributed by atoms with van der Waals surface area (Å²) >= 11 is 6.26. The Morgan fingerprint density at radius 1 is 1.03 bits per heavy atom. The van der Waals surface area contributed by atoms with E-state index in [4.69, 9.17) is 21.3 Å². The van der Waals surface area contributed by atoms with Crippen molar-refractivity contribution in [2.75, 3.05) is 4.90 Å². The van der Waals surface area contributed by atoms with Crippen LogP contribution in [0.15, 0.2) is 77.8 Å². The molecule has 2 unspecified atom stereocenters. The average molecular weight is 501 g/mol. The Morgan fingerprint density at radius 2 is 1.72 bits per heavy atom. The highest BCUT2D eigenvalue weighted by Crippen LogP contribution is 2.48. The second-order valence-corrected chi connectivity index (χ2v) is 10.7. The van der Waals surface area contributed by atoms with Crippen LogP contribution in [0.1, 0.15) is 50.8 Å². The number of para-hydroxylation sites is 2. The van der Waals surface area contributed by atoms with Crippen molar-refractivity contribution in [1.82, 2.24) is 0 Å². The first-order valence-electron chi connectivity index (χ1n) is 12.2. The van der Waals surface area contributed by atoms with Crippen molar-refractivity contribution < 1.29 is 14.3 Å². The maximum atomic E-state index is 13.6. The van der Waals surface area contributed by atoms with Gasteiger partial charge >= 0.3 is 0 Å². The standard InChI is InChI=1S/C30H29ClN2O3/c1-19(34)33-26-11-7-6-10-24(26)32-25-16-30(2,3)17-27(35)28(25)29(33)20-12-14-22(15-13-20)36-18-21-8-4-5-9-23(21)31/h4-15,28-29H,16-18H2,1-3H3. The van der Waals surface area contributed by atoms with Crippen LogP contribution >= 0.6 is 11.6 Å². The van der Waals surface area contributed by atoms with E-state index < -0.39 is 12.0 Å².